The van der Waals surface area contributed by atoms with Crippen LogP contribution in [0.4, 0.5) is 10.5 Å². The number of hydrogen-bond donors (Lipinski definition) is 2. The van der Waals surface area contributed by atoms with Gasteiger partial charge in [-0.25, -0.2) is 4.79 Å². The zero-order chi connectivity index (χ0) is 14.4. The van der Waals surface area contributed by atoms with Gasteiger partial charge in [0.15, 0.2) is 0 Å². The van der Waals surface area contributed by atoms with E-state index in [-0.39, 0.29) is 12.1 Å². The van der Waals surface area contributed by atoms with Crippen molar-refractivity contribution in [1.82, 2.24) is 5.32 Å². The minimum Gasteiger partial charge on any atom is -0.497 e. The van der Waals surface area contributed by atoms with Crippen LogP contribution in [0.3, 0.4) is 0 Å². The third-order valence-corrected chi connectivity index (χ3v) is 3.67. The Morgan fingerprint density at radius 1 is 1.20 bits per heavy atom. The second-order valence-corrected chi connectivity index (χ2v) is 4.98. The summed E-state index contributed by atoms with van der Waals surface area (Å²) in [5.41, 5.74) is 0.701. The van der Waals surface area contributed by atoms with Crippen molar-refractivity contribution >= 4 is 11.8 Å². The molecule has 0 heterocycles. The molecule has 2 rings (SSSR count). The minimum atomic E-state index is -0.401. The number of ether oxygens (including phenoxy) is 2. The fourth-order valence-electron chi connectivity index (χ4n) is 2.53. The first-order valence-electron chi connectivity index (χ1n) is 7.02. The van der Waals surface area contributed by atoms with Gasteiger partial charge in [-0.05, 0) is 50.6 Å². The van der Waals surface area contributed by atoms with Crippen LogP contribution >= 0.6 is 0 Å². The molecule has 1 aliphatic carbocycles. The van der Waals surface area contributed by atoms with E-state index in [0.717, 1.165) is 25.0 Å². The average Bonchev–Trinajstić information content (AvgIpc) is 2.48. The van der Waals surface area contributed by atoms with E-state index in [1.165, 1.54) is 6.42 Å². The van der Waals surface area contributed by atoms with Gasteiger partial charge >= 0.3 is 6.09 Å². The first kappa shape index (κ1) is 14.7. The number of benzene rings is 1. The van der Waals surface area contributed by atoms with Gasteiger partial charge in [0.25, 0.3) is 0 Å². The quantitative estimate of drug-likeness (QED) is 0.889. The van der Waals surface area contributed by atoms with Crippen LogP contribution in [0.5, 0.6) is 5.75 Å². The van der Waals surface area contributed by atoms with Gasteiger partial charge in [-0.2, -0.15) is 0 Å². The number of rotatable bonds is 4. The molecular weight excluding hydrogens is 256 g/mol. The van der Waals surface area contributed by atoms with Crippen molar-refractivity contribution in [3.05, 3.63) is 24.3 Å². The lowest BCUT2D eigenvalue weighted by Gasteiger charge is -2.30. The molecule has 1 fully saturated rings. The van der Waals surface area contributed by atoms with Gasteiger partial charge in [0.05, 0.1) is 7.11 Å². The van der Waals surface area contributed by atoms with E-state index in [1.807, 2.05) is 7.05 Å². The fraction of sp³-hybridized carbons (Fsp3) is 0.533. The lowest BCUT2D eigenvalue weighted by atomic mass is 9.92. The van der Waals surface area contributed by atoms with Gasteiger partial charge < -0.3 is 14.8 Å². The number of likely N-dealkylation sites (N-methyl/N-ethyl adjacent to an activating group) is 1. The van der Waals surface area contributed by atoms with Crippen molar-refractivity contribution in [3.63, 3.8) is 0 Å². The normalized spacial score (nSPS) is 22.1. The molecule has 2 unspecified atom stereocenters. The van der Waals surface area contributed by atoms with Crippen molar-refractivity contribution in [2.24, 2.45) is 0 Å². The number of anilines is 1. The van der Waals surface area contributed by atoms with Crippen LogP contribution in [-0.4, -0.2) is 32.4 Å². The summed E-state index contributed by atoms with van der Waals surface area (Å²) in [6.45, 7) is 0. The zero-order valence-corrected chi connectivity index (χ0v) is 12.0. The van der Waals surface area contributed by atoms with E-state index < -0.39 is 6.09 Å². The van der Waals surface area contributed by atoms with Crippen molar-refractivity contribution in [3.8, 4) is 5.75 Å². The van der Waals surface area contributed by atoms with Crippen molar-refractivity contribution in [2.45, 2.75) is 37.8 Å². The maximum absolute atomic E-state index is 11.9. The summed E-state index contributed by atoms with van der Waals surface area (Å²) < 4.78 is 10.6. The Hall–Kier alpha value is -1.75. The smallest absolute Gasteiger partial charge is 0.411 e. The van der Waals surface area contributed by atoms with Crippen LogP contribution in [0.1, 0.15) is 25.7 Å². The van der Waals surface area contributed by atoms with E-state index in [2.05, 4.69) is 10.6 Å². The van der Waals surface area contributed by atoms with Gasteiger partial charge in [-0.1, -0.05) is 6.42 Å². The molecule has 1 amide bonds. The van der Waals surface area contributed by atoms with Gasteiger partial charge in [0, 0.05) is 11.7 Å². The summed E-state index contributed by atoms with van der Waals surface area (Å²) in [6, 6.07) is 7.43. The van der Waals surface area contributed by atoms with Gasteiger partial charge in [0.2, 0.25) is 0 Å². The minimum absolute atomic E-state index is 0.0491. The predicted molar refractivity (Wildman–Crippen MR) is 78.2 cm³/mol. The van der Waals surface area contributed by atoms with E-state index in [4.69, 9.17) is 9.47 Å². The molecule has 1 aliphatic rings. The number of carbonyl (C=O) groups is 1. The second-order valence-electron chi connectivity index (χ2n) is 4.98. The molecule has 2 N–H and O–H groups in total. The Labute approximate surface area is 119 Å². The van der Waals surface area contributed by atoms with Gasteiger partial charge in [0.1, 0.15) is 11.9 Å². The highest BCUT2D eigenvalue weighted by molar-refractivity contribution is 5.84. The monoisotopic (exact) mass is 278 g/mol. The Bertz CT molecular complexity index is 433. The summed E-state index contributed by atoms with van der Waals surface area (Å²) in [5, 5.41) is 5.96. The predicted octanol–water partition coefficient (Wildman–Crippen LogP) is 2.77. The first-order chi connectivity index (χ1) is 9.72. The maximum Gasteiger partial charge on any atom is 0.411 e. The van der Waals surface area contributed by atoms with Gasteiger partial charge in [-0.3, -0.25) is 5.32 Å². The zero-order valence-electron chi connectivity index (χ0n) is 12.0. The highest BCUT2D eigenvalue weighted by atomic mass is 16.6. The molecule has 0 bridgehead atoms. The van der Waals surface area contributed by atoms with E-state index >= 15 is 0 Å². The average molecular weight is 278 g/mol. The molecule has 1 aromatic carbocycles. The summed E-state index contributed by atoms with van der Waals surface area (Å²) in [7, 11) is 3.52. The number of carbonyl (C=O) groups excluding carboxylic acids is 1. The summed E-state index contributed by atoms with van der Waals surface area (Å²) >= 11 is 0. The summed E-state index contributed by atoms with van der Waals surface area (Å²) in [6.07, 6.45) is 3.82. The van der Waals surface area contributed by atoms with Gasteiger partial charge in [-0.15, -0.1) is 0 Å². The number of methoxy groups -OCH3 is 1. The van der Waals surface area contributed by atoms with Crippen molar-refractivity contribution in [2.75, 3.05) is 19.5 Å². The topological polar surface area (TPSA) is 59.6 Å². The lowest BCUT2D eigenvalue weighted by Crippen LogP contribution is -2.43. The van der Waals surface area contributed by atoms with E-state index in [9.17, 15) is 4.79 Å². The second kappa shape index (κ2) is 7.14. The van der Waals surface area contributed by atoms with Crippen LogP contribution in [0.25, 0.3) is 0 Å². The van der Waals surface area contributed by atoms with Crippen molar-refractivity contribution < 1.29 is 14.3 Å². The van der Waals surface area contributed by atoms with Crippen LogP contribution < -0.4 is 15.4 Å². The third kappa shape index (κ3) is 3.87. The lowest BCUT2D eigenvalue weighted by molar-refractivity contribution is 0.0640. The Morgan fingerprint density at radius 2 is 1.90 bits per heavy atom. The molecule has 5 nitrogen and oxygen atoms in total. The maximum atomic E-state index is 11.9. The molecule has 0 radical (unpaired) electrons. The van der Waals surface area contributed by atoms with Crippen LogP contribution in [-0.2, 0) is 4.74 Å². The SMILES string of the molecule is CNC1CCCCC1OC(=O)Nc1ccc(OC)cc1. The molecule has 1 saturated carbocycles. The highest BCUT2D eigenvalue weighted by Gasteiger charge is 2.26. The first-order valence-corrected chi connectivity index (χ1v) is 7.02. The standard InChI is InChI=1S/C15H22N2O3/c1-16-13-5-3-4-6-14(13)20-15(18)17-11-7-9-12(19-2)10-8-11/h7-10,13-14,16H,3-6H2,1-2H3,(H,17,18). The molecule has 2 atom stereocenters. The molecule has 0 aliphatic heterocycles. The third-order valence-electron chi connectivity index (χ3n) is 3.67. The number of amides is 1. The number of nitrogens with one attached hydrogen (secondary N) is 2. The molecular formula is C15H22N2O3. The molecule has 5 heteroatoms. The molecule has 1 aromatic rings. The molecule has 0 spiro atoms. The van der Waals surface area contributed by atoms with Crippen LogP contribution in [0, 0.1) is 0 Å². The Morgan fingerprint density at radius 3 is 2.55 bits per heavy atom. The molecule has 110 valence electrons. The van der Waals surface area contributed by atoms with E-state index in [1.54, 1.807) is 31.4 Å². The fourth-order valence-corrected chi connectivity index (χ4v) is 2.53. The summed E-state index contributed by atoms with van der Waals surface area (Å²) in [4.78, 5) is 11.9. The van der Waals surface area contributed by atoms with Crippen LogP contribution in [0.2, 0.25) is 0 Å². The highest BCUT2D eigenvalue weighted by Crippen LogP contribution is 2.22. The van der Waals surface area contributed by atoms with Crippen molar-refractivity contribution in [1.29, 1.82) is 0 Å². The molecule has 0 aromatic heterocycles. The Balaban J connectivity index is 1.87. The molecule has 0 saturated heterocycles. The Kier molecular flexibility index (Phi) is 5.24. The van der Waals surface area contributed by atoms with E-state index in [0.29, 0.717) is 5.69 Å². The largest absolute Gasteiger partial charge is 0.497 e. The van der Waals surface area contributed by atoms with Crippen LogP contribution in [0.15, 0.2) is 24.3 Å². The molecule has 20 heavy (non-hydrogen) atoms. The summed E-state index contributed by atoms with van der Waals surface area (Å²) in [5.74, 6) is 0.756. The number of hydrogen-bond acceptors (Lipinski definition) is 4.